The second kappa shape index (κ2) is 6.01. The molecule has 2 aromatic heterocycles. The maximum atomic E-state index is 11.8. The summed E-state index contributed by atoms with van der Waals surface area (Å²) in [5.74, 6) is 0.994. The van der Waals surface area contributed by atoms with E-state index in [1.54, 1.807) is 18.6 Å². The lowest BCUT2D eigenvalue weighted by Crippen LogP contribution is -2.38. The molecule has 1 atom stereocenters. The number of imidazole rings is 1. The van der Waals surface area contributed by atoms with Crippen LogP contribution in [0.5, 0.6) is 0 Å². The third-order valence-electron chi connectivity index (χ3n) is 4.41. The fraction of sp³-hybridized carbons (Fsp3) is 0.533. The number of rotatable bonds is 3. The maximum Gasteiger partial charge on any atom is 0.211 e. The summed E-state index contributed by atoms with van der Waals surface area (Å²) in [4.78, 5) is 13.3. The Hall–Kier alpha value is -1.80. The van der Waals surface area contributed by atoms with Gasteiger partial charge < -0.3 is 4.57 Å². The molecule has 0 N–H and O–H groups in total. The van der Waals surface area contributed by atoms with Crippen LogP contribution >= 0.6 is 0 Å². The van der Waals surface area contributed by atoms with Gasteiger partial charge in [-0.25, -0.2) is 22.7 Å². The SMILES string of the molecule is Cc1ncc(-c2cncc(C3CCCN(S(C)(=O)=O)C3)n2)n1C. The number of nitrogens with zero attached hydrogens (tertiary/aromatic N) is 5. The smallest absolute Gasteiger partial charge is 0.211 e. The first-order chi connectivity index (χ1) is 10.9. The molecule has 0 saturated carbocycles. The van der Waals surface area contributed by atoms with Crippen LogP contribution in [0.2, 0.25) is 0 Å². The highest BCUT2D eigenvalue weighted by Crippen LogP contribution is 2.28. The summed E-state index contributed by atoms with van der Waals surface area (Å²) < 4.78 is 27.1. The molecule has 1 fully saturated rings. The summed E-state index contributed by atoms with van der Waals surface area (Å²) in [6.07, 6.45) is 8.27. The Morgan fingerprint density at radius 3 is 2.70 bits per heavy atom. The fourth-order valence-corrected chi connectivity index (χ4v) is 3.84. The molecule has 8 heteroatoms. The number of aryl methyl sites for hydroxylation is 1. The van der Waals surface area contributed by atoms with Crippen LogP contribution in [-0.4, -0.2) is 51.6 Å². The van der Waals surface area contributed by atoms with Gasteiger partial charge in [0.1, 0.15) is 11.5 Å². The van der Waals surface area contributed by atoms with E-state index in [-0.39, 0.29) is 5.92 Å². The van der Waals surface area contributed by atoms with Crippen LogP contribution in [0.25, 0.3) is 11.4 Å². The average molecular weight is 335 g/mol. The minimum absolute atomic E-state index is 0.0836. The Morgan fingerprint density at radius 1 is 1.26 bits per heavy atom. The zero-order valence-corrected chi connectivity index (χ0v) is 14.4. The summed E-state index contributed by atoms with van der Waals surface area (Å²) in [5, 5.41) is 0. The molecule has 1 aliphatic rings. The molecule has 23 heavy (non-hydrogen) atoms. The number of aromatic nitrogens is 4. The fourth-order valence-electron chi connectivity index (χ4n) is 2.93. The zero-order chi connectivity index (χ0) is 16.6. The molecule has 1 aliphatic heterocycles. The van der Waals surface area contributed by atoms with Gasteiger partial charge in [0, 0.05) is 32.3 Å². The van der Waals surface area contributed by atoms with Gasteiger partial charge in [-0.05, 0) is 19.8 Å². The topological polar surface area (TPSA) is 81.0 Å². The van der Waals surface area contributed by atoms with E-state index in [0.29, 0.717) is 13.1 Å². The van der Waals surface area contributed by atoms with Gasteiger partial charge in [0.2, 0.25) is 10.0 Å². The van der Waals surface area contributed by atoms with Gasteiger partial charge >= 0.3 is 0 Å². The standard InChI is InChI=1S/C15H21N5O2S/c1-11-17-9-15(19(11)2)14-8-16-7-13(18-14)12-5-4-6-20(10-12)23(3,21)22/h7-9,12H,4-6,10H2,1-3H3. The molecule has 124 valence electrons. The highest BCUT2D eigenvalue weighted by Gasteiger charge is 2.28. The van der Waals surface area contributed by atoms with Crippen molar-refractivity contribution >= 4 is 10.0 Å². The van der Waals surface area contributed by atoms with Crippen molar-refractivity contribution in [2.45, 2.75) is 25.7 Å². The number of hydrogen-bond acceptors (Lipinski definition) is 5. The molecule has 0 spiro atoms. The lowest BCUT2D eigenvalue weighted by molar-refractivity contribution is 0.314. The minimum Gasteiger partial charge on any atom is -0.330 e. The largest absolute Gasteiger partial charge is 0.330 e. The second-order valence-corrected chi connectivity index (χ2v) is 8.02. The van der Waals surface area contributed by atoms with Gasteiger partial charge in [0.05, 0.1) is 30.0 Å². The van der Waals surface area contributed by atoms with Crippen molar-refractivity contribution in [2.24, 2.45) is 7.05 Å². The summed E-state index contributed by atoms with van der Waals surface area (Å²) in [5.41, 5.74) is 2.52. The lowest BCUT2D eigenvalue weighted by Gasteiger charge is -2.30. The van der Waals surface area contributed by atoms with Crippen LogP contribution in [0.1, 0.15) is 30.3 Å². The quantitative estimate of drug-likeness (QED) is 0.845. The Kier molecular flexibility index (Phi) is 4.20. The predicted molar refractivity (Wildman–Crippen MR) is 87.4 cm³/mol. The molecule has 1 saturated heterocycles. The first-order valence-corrected chi connectivity index (χ1v) is 9.47. The van der Waals surface area contributed by atoms with E-state index in [4.69, 9.17) is 4.98 Å². The van der Waals surface area contributed by atoms with E-state index in [1.807, 2.05) is 18.5 Å². The number of piperidine rings is 1. The van der Waals surface area contributed by atoms with Crippen LogP contribution in [0, 0.1) is 6.92 Å². The molecule has 7 nitrogen and oxygen atoms in total. The first kappa shape index (κ1) is 16.1. The van der Waals surface area contributed by atoms with Gasteiger partial charge in [-0.2, -0.15) is 0 Å². The molecular formula is C15H21N5O2S. The van der Waals surface area contributed by atoms with Crippen molar-refractivity contribution < 1.29 is 8.42 Å². The molecule has 1 unspecified atom stereocenters. The summed E-state index contributed by atoms with van der Waals surface area (Å²) >= 11 is 0. The van der Waals surface area contributed by atoms with Crippen molar-refractivity contribution in [3.05, 3.63) is 30.1 Å². The van der Waals surface area contributed by atoms with Gasteiger partial charge in [-0.3, -0.25) is 4.98 Å². The van der Waals surface area contributed by atoms with E-state index in [1.165, 1.54) is 10.6 Å². The molecule has 0 aliphatic carbocycles. The zero-order valence-electron chi connectivity index (χ0n) is 13.6. The van der Waals surface area contributed by atoms with Crippen molar-refractivity contribution in [2.75, 3.05) is 19.3 Å². The molecular weight excluding hydrogens is 314 g/mol. The maximum absolute atomic E-state index is 11.8. The van der Waals surface area contributed by atoms with E-state index < -0.39 is 10.0 Å². The van der Waals surface area contributed by atoms with Crippen LogP contribution in [0.3, 0.4) is 0 Å². The van der Waals surface area contributed by atoms with Crippen LogP contribution < -0.4 is 0 Å². The normalized spacial score (nSPS) is 19.9. The molecule has 0 radical (unpaired) electrons. The van der Waals surface area contributed by atoms with Gasteiger partial charge in [0.15, 0.2) is 0 Å². The average Bonchev–Trinajstić information content (AvgIpc) is 2.86. The number of sulfonamides is 1. The molecule has 0 amide bonds. The third kappa shape index (κ3) is 3.28. The molecule has 0 aromatic carbocycles. The van der Waals surface area contributed by atoms with E-state index in [2.05, 4.69) is 9.97 Å². The van der Waals surface area contributed by atoms with Crippen LogP contribution in [0.15, 0.2) is 18.6 Å². The highest BCUT2D eigenvalue weighted by atomic mass is 32.2. The minimum atomic E-state index is -3.16. The monoisotopic (exact) mass is 335 g/mol. The Balaban J connectivity index is 1.89. The predicted octanol–water partition coefficient (Wildman–Crippen LogP) is 1.32. The molecule has 3 heterocycles. The van der Waals surface area contributed by atoms with Crippen molar-refractivity contribution in [1.82, 2.24) is 23.8 Å². The summed E-state index contributed by atoms with van der Waals surface area (Å²) in [6.45, 7) is 3.00. The van der Waals surface area contributed by atoms with E-state index in [9.17, 15) is 8.42 Å². The first-order valence-electron chi connectivity index (χ1n) is 7.62. The van der Waals surface area contributed by atoms with E-state index >= 15 is 0 Å². The Morgan fingerprint density at radius 2 is 2.04 bits per heavy atom. The van der Waals surface area contributed by atoms with E-state index in [0.717, 1.165) is 35.7 Å². The molecule has 2 aromatic rings. The lowest BCUT2D eigenvalue weighted by atomic mass is 9.96. The van der Waals surface area contributed by atoms with Crippen LogP contribution in [0.4, 0.5) is 0 Å². The Labute approximate surface area is 136 Å². The second-order valence-electron chi connectivity index (χ2n) is 6.04. The number of hydrogen-bond donors (Lipinski definition) is 0. The highest BCUT2D eigenvalue weighted by molar-refractivity contribution is 7.88. The Bertz CT molecular complexity index is 815. The van der Waals surface area contributed by atoms with Crippen molar-refractivity contribution in [3.8, 4) is 11.4 Å². The molecule has 3 rings (SSSR count). The van der Waals surface area contributed by atoms with Crippen molar-refractivity contribution in [1.29, 1.82) is 0 Å². The summed E-state index contributed by atoms with van der Waals surface area (Å²) in [6, 6.07) is 0. The van der Waals surface area contributed by atoms with Crippen LogP contribution in [-0.2, 0) is 17.1 Å². The third-order valence-corrected chi connectivity index (χ3v) is 5.68. The van der Waals surface area contributed by atoms with Crippen molar-refractivity contribution in [3.63, 3.8) is 0 Å². The van der Waals surface area contributed by atoms with Gasteiger partial charge in [0.25, 0.3) is 0 Å². The van der Waals surface area contributed by atoms with Gasteiger partial charge in [-0.15, -0.1) is 0 Å². The summed E-state index contributed by atoms with van der Waals surface area (Å²) in [7, 11) is -1.22. The van der Waals surface area contributed by atoms with Gasteiger partial charge in [-0.1, -0.05) is 0 Å². The molecule has 0 bridgehead atoms.